The van der Waals surface area contributed by atoms with Crippen LogP contribution in [0.3, 0.4) is 0 Å². The Bertz CT molecular complexity index is 1020. The molecule has 1 unspecified atom stereocenters. The number of rotatable bonds is 8. The summed E-state index contributed by atoms with van der Waals surface area (Å²) in [6.45, 7) is 1.36. The fourth-order valence-corrected chi connectivity index (χ4v) is 2.63. The summed E-state index contributed by atoms with van der Waals surface area (Å²) in [5.41, 5.74) is -0.250. The van der Waals surface area contributed by atoms with Crippen molar-refractivity contribution in [2.75, 3.05) is 18.4 Å². The number of alkyl halides is 3. The molecule has 11 heteroatoms. The average Bonchev–Trinajstić information content (AvgIpc) is 3.14. The number of nitrogens with zero attached hydrogens (tertiary/aromatic N) is 4. The Morgan fingerprint density at radius 2 is 2.03 bits per heavy atom. The third kappa shape index (κ3) is 4.85. The van der Waals surface area contributed by atoms with Crippen LogP contribution in [0.4, 0.5) is 19.0 Å². The van der Waals surface area contributed by atoms with E-state index in [-0.39, 0.29) is 11.4 Å². The molecule has 8 nitrogen and oxygen atoms in total. The van der Waals surface area contributed by atoms with Crippen LogP contribution in [0.5, 0.6) is 0 Å². The largest absolute Gasteiger partial charge is 0.387 e. The summed E-state index contributed by atoms with van der Waals surface area (Å²) in [4.78, 5) is 20.8. The molecule has 0 aliphatic rings. The van der Waals surface area contributed by atoms with Crippen LogP contribution in [0.15, 0.2) is 36.8 Å². The first-order valence-corrected chi connectivity index (χ1v) is 9.12. The lowest BCUT2D eigenvalue weighted by molar-refractivity contribution is -0.00178. The zero-order chi connectivity index (χ0) is 21.9. The number of nitrogens with one attached hydrogen (secondary N) is 2. The molecule has 0 saturated heterocycles. The molecule has 0 aromatic carbocycles. The minimum absolute atomic E-state index is 0.00777. The smallest absolute Gasteiger partial charge is 0.256 e. The van der Waals surface area contributed by atoms with Gasteiger partial charge < -0.3 is 15.7 Å². The van der Waals surface area contributed by atoms with Gasteiger partial charge in [0, 0.05) is 30.2 Å². The van der Waals surface area contributed by atoms with Gasteiger partial charge in [-0.15, -0.1) is 0 Å². The van der Waals surface area contributed by atoms with Gasteiger partial charge in [-0.2, -0.15) is 9.61 Å². The second-order valence-corrected chi connectivity index (χ2v) is 7.16. The van der Waals surface area contributed by atoms with Gasteiger partial charge in [0.2, 0.25) is 0 Å². The number of halogens is 3. The average molecular weight is 422 g/mol. The van der Waals surface area contributed by atoms with E-state index < -0.39 is 37.2 Å². The predicted octanol–water partition coefficient (Wildman–Crippen LogP) is 2.31. The summed E-state index contributed by atoms with van der Waals surface area (Å²) < 4.78 is 40.8. The summed E-state index contributed by atoms with van der Waals surface area (Å²) in [6, 6.07) is 5.11. The maximum atomic E-state index is 14.0. The molecule has 1 amide bonds. The molecule has 160 valence electrons. The fraction of sp³-hybridized carbons (Fsp3) is 0.368. The van der Waals surface area contributed by atoms with Gasteiger partial charge in [-0.3, -0.25) is 9.78 Å². The normalized spacial score (nSPS) is 12.9. The second kappa shape index (κ2) is 8.66. The molecule has 0 aliphatic heterocycles. The molecule has 3 rings (SSSR count). The molecule has 3 aromatic rings. The number of hydrogen-bond donors (Lipinski definition) is 3. The lowest BCUT2D eigenvalue weighted by Gasteiger charge is -2.22. The van der Waals surface area contributed by atoms with Gasteiger partial charge >= 0.3 is 0 Å². The maximum absolute atomic E-state index is 14.0. The highest BCUT2D eigenvalue weighted by atomic mass is 19.3. The Morgan fingerprint density at radius 3 is 2.67 bits per heavy atom. The van der Waals surface area contributed by atoms with Crippen molar-refractivity contribution in [1.29, 1.82) is 0 Å². The first-order valence-electron chi connectivity index (χ1n) is 9.12. The minimum atomic E-state index is -2.68. The lowest BCUT2D eigenvalue weighted by Crippen LogP contribution is -2.42. The van der Waals surface area contributed by atoms with Crippen molar-refractivity contribution in [3.05, 3.63) is 42.4 Å². The number of aromatic nitrogens is 4. The SMILES string of the molecule is CC(C)(O)C(F)CNC(=O)c1cnc2cc(-c3cccnc3)nn2c1NCC(F)F. The summed E-state index contributed by atoms with van der Waals surface area (Å²) in [7, 11) is 0. The van der Waals surface area contributed by atoms with Crippen molar-refractivity contribution in [2.24, 2.45) is 0 Å². The molecule has 0 fully saturated rings. The molecular formula is C19H21F3N6O2. The third-order valence-electron chi connectivity index (χ3n) is 4.32. The van der Waals surface area contributed by atoms with E-state index in [1.807, 2.05) is 0 Å². The van der Waals surface area contributed by atoms with Gasteiger partial charge in [-0.05, 0) is 26.0 Å². The van der Waals surface area contributed by atoms with E-state index in [1.165, 1.54) is 24.6 Å². The third-order valence-corrected chi connectivity index (χ3v) is 4.32. The van der Waals surface area contributed by atoms with Crippen LogP contribution >= 0.6 is 0 Å². The van der Waals surface area contributed by atoms with E-state index in [0.717, 1.165) is 0 Å². The van der Waals surface area contributed by atoms with Crippen LogP contribution in [-0.4, -0.2) is 61.9 Å². The topological polar surface area (TPSA) is 104 Å². The zero-order valence-corrected chi connectivity index (χ0v) is 16.3. The highest BCUT2D eigenvalue weighted by molar-refractivity contribution is 5.99. The Labute approximate surface area is 170 Å². The van der Waals surface area contributed by atoms with Crippen LogP contribution in [0, 0.1) is 0 Å². The molecule has 3 aromatic heterocycles. The van der Waals surface area contributed by atoms with Gasteiger partial charge in [-0.25, -0.2) is 18.2 Å². The Balaban J connectivity index is 1.96. The van der Waals surface area contributed by atoms with Gasteiger partial charge in [0.1, 0.15) is 17.6 Å². The number of amides is 1. The molecule has 1 atom stereocenters. The summed E-state index contributed by atoms with van der Waals surface area (Å²) >= 11 is 0. The van der Waals surface area contributed by atoms with Gasteiger partial charge in [0.05, 0.1) is 24.4 Å². The summed E-state index contributed by atoms with van der Waals surface area (Å²) in [5, 5.41) is 18.9. The van der Waals surface area contributed by atoms with Crippen molar-refractivity contribution in [3.63, 3.8) is 0 Å². The molecule has 0 spiro atoms. The van der Waals surface area contributed by atoms with Crippen LogP contribution < -0.4 is 10.6 Å². The van der Waals surface area contributed by atoms with Gasteiger partial charge in [0.15, 0.2) is 5.65 Å². The molecule has 0 aliphatic carbocycles. The highest BCUT2D eigenvalue weighted by Crippen LogP contribution is 2.23. The summed E-state index contributed by atoms with van der Waals surface area (Å²) in [6.07, 6.45) is -0.0219. The molecule has 0 saturated carbocycles. The van der Waals surface area contributed by atoms with E-state index >= 15 is 0 Å². The first-order chi connectivity index (χ1) is 14.2. The van der Waals surface area contributed by atoms with Crippen molar-refractivity contribution in [3.8, 4) is 11.3 Å². The second-order valence-electron chi connectivity index (χ2n) is 7.16. The van der Waals surface area contributed by atoms with Crippen LogP contribution in [0.2, 0.25) is 0 Å². The minimum Gasteiger partial charge on any atom is -0.387 e. The van der Waals surface area contributed by atoms with Crippen molar-refractivity contribution < 1.29 is 23.1 Å². The molecule has 0 bridgehead atoms. The summed E-state index contributed by atoms with van der Waals surface area (Å²) in [5.74, 6) is -0.752. The van der Waals surface area contributed by atoms with Crippen molar-refractivity contribution in [2.45, 2.75) is 32.0 Å². The van der Waals surface area contributed by atoms with Crippen LogP contribution in [0.1, 0.15) is 24.2 Å². The van der Waals surface area contributed by atoms with E-state index in [9.17, 15) is 23.1 Å². The number of carbonyl (C=O) groups excluding carboxylic acids is 1. The van der Waals surface area contributed by atoms with Gasteiger partial charge in [0.25, 0.3) is 12.3 Å². The van der Waals surface area contributed by atoms with E-state index in [0.29, 0.717) is 16.9 Å². The Hall–Kier alpha value is -3.21. The predicted molar refractivity (Wildman–Crippen MR) is 104 cm³/mol. The highest BCUT2D eigenvalue weighted by Gasteiger charge is 2.27. The monoisotopic (exact) mass is 422 g/mol. The fourth-order valence-electron chi connectivity index (χ4n) is 2.63. The molecule has 3 heterocycles. The van der Waals surface area contributed by atoms with E-state index in [4.69, 9.17) is 0 Å². The number of hydrogen-bond acceptors (Lipinski definition) is 6. The van der Waals surface area contributed by atoms with E-state index in [1.54, 1.807) is 30.6 Å². The Kier molecular flexibility index (Phi) is 6.20. The van der Waals surface area contributed by atoms with Crippen molar-refractivity contribution in [1.82, 2.24) is 24.9 Å². The number of fused-ring (bicyclic) bond motifs is 1. The van der Waals surface area contributed by atoms with Gasteiger partial charge in [-0.1, -0.05) is 0 Å². The van der Waals surface area contributed by atoms with Crippen LogP contribution in [-0.2, 0) is 0 Å². The molecule has 3 N–H and O–H groups in total. The standard InChI is InChI=1S/C19H21F3N6O2/c1-19(2,30)14(20)9-26-18(29)12-8-24-16-6-13(11-4-3-5-23-7-11)27-28(16)17(12)25-10-15(21)22/h3-8,14-15,25,30H,9-10H2,1-2H3,(H,26,29). The Morgan fingerprint density at radius 1 is 1.27 bits per heavy atom. The van der Waals surface area contributed by atoms with E-state index in [2.05, 4.69) is 25.7 Å². The number of aliphatic hydroxyl groups is 1. The molecular weight excluding hydrogens is 401 g/mol. The number of pyridine rings is 1. The quantitative estimate of drug-likeness (QED) is 0.515. The van der Waals surface area contributed by atoms with Crippen LogP contribution in [0.25, 0.3) is 16.9 Å². The zero-order valence-electron chi connectivity index (χ0n) is 16.3. The molecule has 0 radical (unpaired) electrons. The first kappa shape index (κ1) is 21.5. The lowest BCUT2D eigenvalue weighted by atomic mass is 10.0. The number of anilines is 1. The molecule has 30 heavy (non-hydrogen) atoms. The number of carbonyl (C=O) groups is 1. The maximum Gasteiger partial charge on any atom is 0.256 e. The van der Waals surface area contributed by atoms with Crippen molar-refractivity contribution >= 4 is 17.4 Å².